The van der Waals surface area contributed by atoms with E-state index in [1.165, 1.54) is 0 Å². The first kappa shape index (κ1) is 18.4. The second-order valence-corrected chi connectivity index (χ2v) is 5.33. The maximum Gasteiger partial charge on any atom is 0.222 e. The molecule has 0 aromatic heterocycles. The van der Waals surface area contributed by atoms with Crippen LogP contribution in [-0.4, -0.2) is 33.8 Å². The number of benzene rings is 2. The van der Waals surface area contributed by atoms with Crippen LogP contribution < -0.4 is 24.8 Å². The largest absolute Gasteiger partial charge is 0.497 e. The molecule has 6 heteroatoms. The molecule has 0 fully saturated rings. The van der Waals surface area contributed by atoms with E-state index in [0.717, 1.165) is 22.7 Å². The van der Waals surface area contributed by atoms with Gasteiger partial charge in [-0.2, -0.15) is 0 Å². The summed E-state index contributed by atoms with van der Waals surface area (Å²) in [7, 11) is 4.82. The third-order valence-corrected chi connectivity index (χ3v) is 3.74. The van der Waals surface area contributed by atoms with Crippen molar-refractivity contribution in [1.82, 2.24) is 5.32 Å². The van der Waals surface area contributed by atoms with Crippen LogP contribution in [0.4, 0.5) is 5.69 Å². The summed E-state index contributed by atoms with van der Waals surface area (Å²) in [6, 6.07) is 13.1. The van der Waals surface area contributed by atoms with Crippen molar-refractivity contribution in [3.63, 3.8) is 0 Å². The summed E-state index contributed by atoms with van der Waals surface area (Å²) >= 11 is 0. The Morgan fingerprint density at radius 2 is 1.72 bits per heavy atom. The SMILES string of the molecule is COc1ccc(NCCC(=O)NCc2ccccc2OC)c(OC)c1. The first-order chi connectivity index (χ1) is 12.2. The lowest BCUT2D eigenvalue weighted by Crippen LogP contribution is -2.25. The van der Waals surface area contributed by atoms with Gasteiger partial charge in [-0.15, -0.1) is 0 Å². The van der Waals surface area contributed by atoms with Gasteiger partial charge in [0, 0.05) is 31.1 Å². The van der Waals surface area contributed by atoms with Gasteiger partial charge in [0.15, 0.2) is 0 Å². The molecule has 2 rings (SSSR count). The number of methoxy groups -OCH3 is 3. The molecule has 1 amide bonds. The Morgan fingerprint density at radius 3 is 2.44 bits per heavy atom. The fourth-order valence-electron chi connectivity index (χ4n) is 2.39. The van der Waals surface area contributed by atoms with Crippen molar-refractivity contribution in [2.75, 3.05) is 33.2 Å². The maximum absolute atomic E-state index is 12.0. The summed E-state index contributed by atoms with van der Waals surface area (Å²) < 4.78 is 15.8. The van der Waals surface area contributed by atoms with E-state index in [1.807, 2.05) is 36.4 Å². The highest BCUT2D eigenvalue weighted by molar-refractivity contribution is 5.76. The summed E-state index contributed by atoms with van der Waals surface area (Å²) in [6.07, 6.45) is 0.352. The summed E-state index contributed by atoms with van der Waals surface area (Å²) in [5, 5.41) is 6.10. The van der Waals surface area contributed by atoms with Gasteiger partial charge >= 0.3 is 0 Å². The molecule has 0 saturated heterocycles. The van der Waals surface area contributed by atoms with Crippen molar-refractivity contribution >= 4 is 11.6 Å². The highest BCUT2D eigenvalue weighted by atomic mass is 16.5. The zero-order valence-electron chi connectivity index (χ0n) is 14.8. The predicted octanol–water partition coefficient (Wildman–Crippen LogP) is 2.83. The number of carbonyl (C=O) groups excluding carboxylic acids is 1. The normalized spacial score (nSPS) is 10.0. The molecule has 0 bridgehead atoms. The molecule has 0 atom stereocenters. The highest BCUT2D eigenvalue weighted by Gasteiger charge is 2.07. The standard InChI is InChI=1S/C19H24N2O4/c1-23-15-8-9-16(18(12-15)25-3)20-11-10-19(22)21-13-14-6-4-5-7-17(14)24-2/h4-9,12,20H,10-11,13H2,1-3H3,(H,21,22). The quantitative estimate of drug-likeness (QED) is 0.732. The van der Waals surface area contributed by atoms with Crippen LogP contribution in [0.3, 0.4) is 0 Å². The van der Waals surface area contributed by atoms with Crippen LogP contribution in [0.25, 0.3) is 0 Å². The number of carbonyl (C=O) groups is 1. The minimum Gasteiger partial charge on any atom is -0.497 e. The predicted molar refractivity (Wildman–Crippen MR) is 97.5 cm³/mol. The molecule has 2 aromatic rings. The van der Waals surface area contributed by atoms with Gasteiger partial charge in [-0.1, -0.05) is 18.2 Å². The van der Waals surface area contributed by atoms with Crippen LogP contribution in [0.15, 0.2) is 42.5 Å². The second-order valence-electron chi connectivity index (χ2n) is 5.33. The minimum absolute atomic E-state index is 0.0362. The number of hydrogen-bond donors (Lipinski definition) is 2. The maximum atomic E-state index is 12.0. The van der Waals surface area contributed by atoms with E-state index in [4.69, 9.17) is 14.2 Å². The zero-order chi connectivity index (χ0) is 18.1. The van der Waals surface area contributed by atoms with Crippen LogP contribution in [0, 0.1) is 0 Å². The van der Waals surface area contributed by atoms with E-state index in [2.05, 4.69) is 10.6 Å². The van der Waals surface area contributed by atoms with Crippen molar-refractivity contribution < 1.29 is 19.0 Å². The average Bonchev–Trinajstić information content (AvgIpc) is 2.66. The summed E-state index contributed by atoms with van der Waals surface area (Å²) in [6.45, 7) is 0.940. The number of nitrogens with one attached hydrogen (secondary N) is 2. The van der Waals surface area contributed by atoms with Crippen LogP contribution in [-0.2, 0) is 11.3 Å². The monoisotopic (exact) mass is 344 g/mol. The molecular weight excluding hydrogens is 320 g/mol. The smallest absolute Gasteiger partial charge is 0.222 e. The molecule has 0 aliphatic rings. The van der Waals surface area contributed by atoms with Crippen molar-refractivity contribution in [3.05, 3.63) is 48.0 Å². The number of rotatable bonds is 9. The minimum atomic E-state index is -0.0362. The van der Waals surface area contributed by atoms with E-state index in [0.29, 0.717) is 25.3 Å². The fourth-order valence-corrected chi connectivity index (χ4v) is 2.39. The first-order valence-electron chi connectivity index (χ1n) is 8.02. The third kappa shape index (κ3) is 5.31. The molecule has 6 nitrogen and oxygen atoms in total. The van der Waals surface area contributed by atoms with Crippen molar-refractivity contribution in [1.29, 1.82) is 0 Å². The lowest BCUT2D eigenvalue weighted by atomic mass is 10.2. The number of para-hydroxylation sites is 1. The molecule has 0 spiro atoms. The average molecular weight is 344 g/mol. The Bertz CT molecular complexity index is 704. The number of ether oxygens (including phenoxy) is 3. The van der Waals surface area contributed by atoms with Gasteiger partial charge in [-0.3, -0.25) is 4.79 Å². The van der Waals surface area contributed by atoms with E-state index >= 15 is 0 Å². The molecule has 25 heavy (non-hydrogen) atoms. The van der Waals surface area contributed by atoms with Crippen LogP contribution in [0.1, 0.15) is 12.0 Å². The van der Waals surface area contributed by atoms with E-state index in [9.17, 15) is 4.79 Å². The molecule has 0 aliphatic heterocycles. The summed E-state index contributed by atoms with van der Waals surface area (Å²) in [5.41, 5.74) is 1.77. The van der Waals surface area contributed by atoms with Gasteiger partial charge in [-0.25, -0.2) is 0 Å². The Balaban J connectivity index is 1.81. The number of anilines is 1. The molecule has 0 radical (unpaired) electrons. The van der Waals surface area contributed by atoms with Gasteiger partial charge in [0.2, 0.25) is 5.91 Å². The van der Waals surface area contributed by atoms with Crippen LogP contribution in [0.2, 0.25) is 0 Å². The molecular formula is C19H24N2O4. The number of hydrogen-bond acceptors (Lipinski definition) is 5. The molecule has 0 aliphatic carbocycles. The Hall–Kier alpha value is -2.89. The topological polar surface area (TPSA) is 68.8 Å². The van der Waals surface area contributed by atoms with E-state index in [1.54, 1.807) is 27.4 Å². The molecule has 0 saturated carbocycles. The lowest BCUT2D eigenvalue weighted by Gasteiger charge is -2.13. The summed E-state index contributed by atoms with van der Waals surface area (Å²) in [5.74, 6) is 2.13. The Morgan fingerprint density at radius 1 is 0.960 bits per heavy atom. The molecule has 0 unspecified atom stereocenters. The van der Waals surface area contributed by atoms with Crippen LogP contribution in [0.5, 0.6) is 17.2 Å². The summed E-state index contributed by atoms with van der Waals surface area (Å²) in [4.78, 5) is 12.0. The Kier molecular flexibility index (Phi) is 6.95. The van der Waals surface area contributed by atoms with E-state index < -0.39 is 0 Å². The molecule has 2 aromatic carbocycles. The van der Waals surface area contributed by atoms with Crippen molar-refractivity contribution in [2.24, 2.45) is 0 Å². The highest BCUT2D eigenvalue weighted by Crippen LogP contribution is 2.28. The third-order valence-electron chi connectivity index (χ3n) is 3.74. The molecule has 0 heterocycles. The zero-order valence-corrected chi connectivity index (χ0v) is 14.8. The molecule has 2 N–H and O–H groups in total. The fraction of sp³-hybridized carbons (Fsp3) is 0.316. The Labute approximate surface area is 148 Å². The van der Waals surface area contributed by atoms with Crippen LogP contribution >= 0.6 is 0 Å². The van der Waals surface area contributed by atoms with Gasteiger partial charge < -0.3 is 24.8 Å². The first-order valence-corrected chi connectivity index (χ1v) is 8.02. The van der Waals surface area contributed by atoms with Crippen molar-refractivity contribution in [3.8, 4) is 17.2 Å². The van der Waals surface area contributed by atoms with Gasteiger partial charge in [-0.05, 0) is 18.2 Å². The van der Waals surface area contributed by atoms with Gasteiger partial charge in [0.1, 0.15) is 17.2 Å². The van der Waals surface area contributed by atoms with E-state index in [-0.39, 0.29) is 5.91 Å². The van der Waals surface area contributed by atoms with Gasteiger partial charge in [0.25, 0.3) is 0 Å². The second kappa shape index (κ2) is 9.42. The van der Waals surface area contributed by atoms with Crippen molar-refractivity contribution in [2.45, 2.75) is 13.0 Å². The number of amides is 1. The lowest BCUT2D eigenvalue weighted by molar-refractivity contribution is -0.121. The van der Waals surface area contributed by atoms with Gasteiger partial charge in [0.05, 0.1) is 27.0 Å². The molecule has 134 valence electrons.